The Kier molecular flexibility index (Phi) is 4.96. The summed E-state index contributed by atoms with van der Waals surface area (Å²) in [7, 11) is 0. The van der Waals surface area contributed by atoms with Crippen LogP contribution in [-0.2, 0) is 4.79 Å². The van der Waals surface area contributed by atoms with Gasteiger partial charge in [-0.2, -0.15) is 0 Å². The number of hydrogen-bond acceptors (Lipinski definition) is 3. The molecule has 1 heterocycles. The van der Waals surface area contributed by atoms with Crippen molar-refractivity contribution in [1.82, 2.24) is 14.9 Å². The Morgan fingerprint density at radius 3 is 3.11 bits per heavy atom. The van der Waals surface area contributed by atoms with Crippen molar-refractivity contribution in [3.8, 4) is 0 Å². The first kappa shape index (κ1) is 14.1. The highest BCUT2D eigenvalue weighted by molar-refractivity contribution is 5.81. The van der Waals surface area contributed by atoms with E-state index in [4.69, 9.17) is 5.73 Å². The first-order chi connectivity index (χ1) is 9.22. The van der Waals surface area contributed by atoms with Crippen LogP contribution in [0.1, 0.15) is 51.5 Å². The fourth-order valence-corrected chi connectivity index (χ4v) is 2.78. The maximum atomic E-state index is 12.1. The highest BCUT2D eigenvalue weighted by atomic mass is 16.2. The monoisotopic (exact) mass is 264 g/mol. The van der Waals surface area contributed by atoms with Gasteiger partial charge < -0.3 is 15.6 Å². The van der Waals surface area contributed by atoms with Crippen LogP contribution in [0.2, 0.25) is 0 Å². The summed E-state index contributed by atoms with van der Waals surface area (Å²) in [5, 5.41) is 3.11. The van der Waals surface area contributed by atoms with Gasteiger partial charge in [-0.25, -0.2) is 4.98 Å². The lowest BCUT2D eigenvalue weighted by Gasteiger charge is -2.23. The van der Waals surface area contributed by atoms with Gasteiger partial charge >= 0.3 is 0 Å². The van der Waals surface area contributed by atoms with E-state index < -0.39 is 0 Å². The van der Waals surface area contributed by atoms with Crippen molar-refractivity contribution in [2.45, 2.75) is 63.6 Å². The minimum absolute atomic E-state index is 0.00883. The molecular formula is C14H24N4O. The molecule has 0 bridgehead atoms. The van der Waals surface area contributed by atoms with E-state index in [-0.39, 0.29) is 18.0 Å². The van der Waals surface area contributed by atoms with Gasteiger partial charge in [0.05, 0.1) is 18.4 Å². The maximum Gasteiger partial charge on any atom is 0.237 e. The number of nitrogens with one attached hydrogen (secondary N) is 1. The molecule has 1 fully saturated rings. The lowest BCUT2D eigenvalue weighted by molar-refractivity contribution is -0.123. The number of imidazole rings is 1. The summed E-state index contributed by atoms with van der Waals surface area (Å²) < 4.78 is 2.09. The van der Waals surface area contributed by atoms with Crippen LogP contribution in [0.4, 0.5) is 0 Å². The molecule has 106 valence electrons. The summed E-state index contributed by atoms with van der Waals surface area (Å²) in [6.45, 7) is 2.11. The predicted octanol–water partition coefficient (Wildman–Crippen LogP) is 1.61. The second-order valence-electron chi connectivity index (χ2n) is 5.37. The lowest BCUT2D eigenvalue weighted by atomic mass is 10.1. The lowest BCUT2D eigenvalue weighted by Crippen LogP contribution is -2.46. The van der Waals surface area contributed by atoms with Crippen LogP contribution in [0.15, 0.2) is 18.7 Å². The molecular weight excluding hydrogens is 240 g/mol. The van der Waals surface area contributed by atoms with Crippen molar-refractivity contribution in [1.29, 1.82) is 0 Å². The number of nitrogens with two attached hydrogens (primary N) is 1. The maximum absolute atomic E-state index is 12.1. The molecule has 1 saturated carbocycles. The molecule has 2 rings (SSSR count). The molecule has 1 aromatic heterocycles. The Hall–Kier alpha value is -1.36. The van der Waals surface area contributed by atoms with E-state index in [0.717, 1.165) is 38.5 Å². The van der Waals surface area contributed by atoms with Crippen molar-refractivity contribution < 1.29 is 4.79 Å². The molecule has 1 aliphatic rings. The van der Waals surface area contributed by atoms with Gasteiger partial charge in [-0.1, -0.05) is 19.8 Å². The minimum atomic E-state index is -0.371. The van der Waals surface area contributed by atoms with E-state index in [2.05, 4.69) is 21.8 Å². The largest absolute Gasteiger partial charge is 0.350 e. The zero-order chi connectivity index (χ0) is 13.7. The predicted molar refractivity (Wildman–Crippen MR) is 74.5 cm³/mol. The van der Waals surface area contributed by atoms with Gasteiger partial charge in [0.2, 0.25) is 5.91 Å². The first-order valence-electron chi connectivity index (χ1n) is 7.25. The van der Waals surface area contributed by atoms with Crippen LogP contribution in [0.5, 0.6) is 0 Å². The van der Waals surface area contributed by atoms with E-state index in [1.807, 2.05) is 12.5 Å². The number of aromatic nitrogens is 2. The van der Waals surface area contributed by atoms with Crippen molar-refractivity contribution in [3.05, 3.63) is 18.7 Å². The summed E-state index contributed by atoms with van der Waals surface area (Å²) >= 11 is 0. The molecule has 5 nitrogen and oxygen atoms in total. The molecule has 19 heavy (non-hydrogen) atoms. The van der Waals surface area contributed by atoms with Crippen LogP contribution in [0, 0.1) is 0 Å². The molecule has 0 saturated heterocycles. The van der Waals surface area contributed by atoms with Crippen molar-refractivity contribution in [2.75, 3.05) is 0 Å². The van der Waals surface area contributed by atoms with Crippen molar-refractivity contribution in [3.63, 3.8) is 0 Å². The van der Waals surface area contributed by atoms with Crippen LogP contribution < -0.4 is 11.1 Å². The molecule has 3 atom stereocenters. The van der Waals surface area contributed by atoms with Gasteiger partial charge in [-0.15, -0.1) is 0 Å². The molecule has 1 amide bonds. The molecule has 3 unspecified atom stereocenters. The summed E-state index contributed by atoms with van der Waals surface area (Å²) in [4.78, 5) is 16.1. The molecule has 0 aliphatic heterocycles. The summed E-state index contributed by atoms with van der Waals surface area (Å²) in [5.74, 6) is -0.00883. The Balaban J connectivity index is 1.89. The average Bonchev–Trinajstić information content (AvgIpc) is 3.05. The van der Waals surface area contributed by atoms with Gasteiger partial charge in [-0.3, -0.25) is 4.79 Å². The molecule has 0 radical (unpaired) electrons. The second-order valence-corrected chi connectivity index (χ2v) is 5.37. The zero-order valence-corrected chi connectivity index (χ0v) is 11.6. The van der Waals surface area contributed by atoms with Gasteiger partial charge in [-0.05, 0) is 25.7 Å². The number of carbonyl (C=O) groups excluding carboxylic acids is 1. The highest BCUT2D eigenvalue weighted by Crippen LogP contribution is 2.29. The Labute approximate surface area is 114 Å². The van der Waals surface area contributed by atoms with E-state index in [0.29, 0.717) is 6.04 Å². The minimum Gasteiger partial charge on any atom is -0.350 e. The molecule has 0 spiro atoms. The Bertz CT molecular complexity index is 390. The smallest absolute Gasteiger partial charge is 0.237 e. The summed E-state index contributed by atoms with van der Waals surface area (Å²) in [6.07, 6.45) is 11.7. The fourth-order valence-electron chi connectivity index (χ4n) is 2.78. The van der Waals surface area contributed by atoms with E-state index >= 15 is 0 Å². The highest BCUT2D eigenvalue weighted by Gasteiger charge is 2.30. The average molecular weight is 264 g/mol. The number of hydrogen-bond donors (Lipinski definition) is 2. The number of nitrogens with zero attached hydrogens (tertiary/aromatic N) is 2. The van der Waals surface area contributed by atoms with Crippen LogP contribution in [0.25, 0.3) is 0 Å². The summed E-state index contributed by atoms with van der Waals surface area (Å²) in [6, 6.07) is 0.142. The molecule has 0 aromatic carbocycles. The van der Waals surface area contributed by atoms with Gasteiger partial charge in [0.25, 0.3) is 0 Å². The molecule has 1 aliphatic carbocycles. The van der Waals surface area contributed by atoms with Gasteiger partial charge in [0.1, 0.15) is 0 Å². The van der Waals surface area contributed by atoms with E-state index in [1.54, 1.807) is 6.20 Å². The molecule has 1 aromatic rings. The normalized spacial score (nSPS) is 24.3. The zero-order valence-electron chi connectivity index (χ0n) is 11.6. The molecule has 5 heteroatoms. The number of unbranched alkanes of at least 4 members (excludes halogenated alkanes) is 1. The summed E-state index contributed by atoms with van der Waals surface area (Å²) in [5.41, 5.74) is 5.91. The Morgan fingerprint density at radius 2 is 2.42 bits per heavy atom. The third-order valence-corrected chi connectivity index (χ3v) is 3.92. The van der Waals surface area contributed by atoms with Crippen molar-refractivity contribution in [2.24, 2.45) is 5.73 Å². The van der Waals surface area contributed by atoms with Crippen LogP contribution in [-0.4, -0.2) is 27.5 Å². The standard InChI is InChI=1S/C14H24N4O/c1-2-3-5-11(15)14(19)17-12-6-4-7-13(12)18-9-8-16-10-18/h8-13H,2-7,15H2,1H3,(H,17,19). The number of rotatable bonds is 6. The number of amides is 1. The second kappa shape index (κ2) is 6.70. The first-order valence-corrected chi connectivity index (χ1v) is 7.25. The van der Waals surface area contributed by atoms with Crippen molar-refractivity contribution >= 4 is 5.91 Å². The quantitative estimate of drug-likeness (QED) is 0.820. The Morgan fingerprint density at radius 1 is 1.58 bits per heavy atom. The third-order valence-electron chi connectivity index (χ3n) is 3.92. The van der Waals surface area contributed by atoms with Gasteiger partial charge in [0.15, 0.2) is 0 Å². The van der Waals surface area contributed by atoms with Crippen LogP contribution in [0.3, 0.4) is 0 Å². The molecule has 3 N–H and O–H groups in total. The number of carbonyl (C=O) groups is 1. The fraction of sp³-hybridized carbons (Fsp3) is 0.714. The topological polar surface area (TPSA) is 72.9 Å². The van der Waals surface area contributed by atoms with Gasteiger partial charge in [0, 0.05) is 18.4 Å². The SMILES string of the molecule is CCCCC(N)C(=O)NC1CCCC1n1ccnc1. The van der Waals surface area contributed by atoms with Crippen LogP contribution >= 0.6 is 0 Å². The third kappa shape index (κ3) is 3.56. The van der Waals surface area contributed by atoms with E-state index in [1.165, 1.54) is 0 Å². The van der Waals surface area contributed by atoms with E-state index in [9.17, 15) is 4.79 Å².